The zero-order valence-corrected chi connectivity index (χ0v) is 18.3. The number of carbonyl (C=O) groups is 1. The normalized spacial score (nSPS) is 10.7. The summed E-state index contributed by atoms with van der Waals surface area (Å²) in [5.41, 5.74) is 4.03. The summed E-state index contributed by atoms with van der Waals surface area (Å²) in [6, 6.07) is 17.0. The summed E-state index contributed by atoms with van der Waals surface area (Å²) in [5, 5.41) is 6.11. The van der Waals surface area contributed by atoms with Gasteiger partial charge in [-0.1, -0.05) is 17.7 Å². The molecule has 2 heterocycles. The maximum absolute atomic E-state index is 12.3. The molecule has 0 aliphatic carbocycles. The molecule has 0 saturated carbocycles. The number of pyridine rings is 1. The molecule has 0 radical (unpaired) electrons. The Labute approximate surface area is 189 Å². The van der Waals surface area contributed by atoms with Gasteiger partial charge in [0.1, 0.15) is 18.0 Å². The third-order valence-electron chi connectivity index (χ3n) is 4.80. The van der Waals surface area contributed by atoms with Crippen molar-refractivity contribution in [2.45, 2.75) is 20.5 Å². The monoisotopic (exact) mass is 448 g/mol. The Morgan fingerprint density at radius 3 is 2.50 bits per heavy atom. The van der Waals surface area contributed by atoms with Crippen molar-refractivity contribution in [2.24, 2.45) is 0 Å². The number of hydrogen-bond donors (Lipinski definition) is 2. The van der Waals surface area contributed by atoms with Crippen LogP contribution in [0, 0.1) is 13.8 Å². The van der Waals surface area contributed by atoms with E-state index in [4.69, 9.17) is 16.3 Å². The molecule has 0 aliphatic rings. The lowest BCUT2D eigenvalue weighted by Crippen LogP contribution is -2.19. The molecule has 2 aromatic heterocycles. The molecular formula is C24H21ClN4O3. The number of aryl methyl sites for hydroxylation is 2. The summed E-state index contributed by atoms with van der Waals surface area (Å²) in [6.07, 6.45) is 1.71. The maximum Gasteiger partial charge on any atom is 0.323 e. The number of rotatable bonds is 5. The smallest absolute Gasteiger partial charge is 0.323 e. The summed E-state index contributed by atoms with van der Waals surface area (Å²) in [5.74, 6) is 0.584. The second kappa shape index (κ2) is 9.11. The second-order valence-corrected chi connectivity index (χ2v) is 7.81. The highest BCUT2D eigenvalue weighted by molar-refractivity contribution is 6.30. The molecule has 0 spiro atoms. The first kappa shape index (κ1) is 21.4. The molecular weight excluding hydrogens is 428 g/mol. The van der Waals surface area contributed by atoms with Crippen molar-refractivity contribution >= 4 is 34.7 Å². The van der Waals surface area contributed by atoms with Crippen molar-refractivity contribution in [3.05, 3.63) is 99.1 Å². The van der Waals surface area contributed by atoms with Gasteiger partial charge in [-0.15, -0.1) is 0 Å². The van der Waals surface area contributed by atoms with E-state index in [0.29, 0.717) is 33.5 Å². The van der Waals surface area contributed by atoms with Crippen molar-refractivity contribution in [1.29, 1.82) is 0 Å². The number of benzene rings is 2. The largest absolute Gasteiger partial charge is 0.487 e. The molecule has 4 aromatic rings. The number of halogens is 1. The Morgan fingerprint density at radius 2 is 1.72 bits per heavy atom. The van der Waals surface area contributed by atoms with Gasteiger partial charge in [0.05, 0.1) is 5.69 Å². The quantitative estimate of drug-likeness (QED) is 0.440. The molecule has 2 amide bonds. The molecule has 4 rings (SSSR count). The van der Waals surface area contributed by atoms with Crippen LogP contribution in [0.2, 0.25) is 5.02 Å². The van der Waals surface area contributed by atoms with Crippen LogP contribution in [0.4, 0.5) is 16.2 Å². The molecule has 32 heavy (non-hydrogen) atoms. The highest BCUT2D eigenvalue weighted by Gasteiger charge is 2.08. The fraction of sp³-hybridized carbons (Fsp3) is 0.125. The van der Waals surface area contributed by atoms with Crippen molar-refractivity contribution < 1.29 is 9.53 Å². The van der Waals surface area contributed by atoms with Gasteiger partial charge >= 0.3 is 6.03 Å². The molecule has 0 aliphatic heterocycles. The number of fused-ring (bicyclic) bond motifs is 1. The Bertz CT molecular complexity index is 1350. The first-order valence-corrected chi connectivity index (χ1v) is 10.3. The molecule has 0 saturated heterocycles. The predicted molar refractivity (Wildman–Crippen MR) is 126 cm³/mol. The zero-order valence-electron chi connectivity index (χ0n) is 17.6. The minimum atomic E-state index is -0.387. The summed E-state index contributed by atoms with van der Waals surface area (Å²) in [6.45, 7) is 3.97. The lowest BCUT2D eigenvalue weighted by Gasteiger charge is -2.13. The van der Waals surface area contributed by atoms with Crippen LogP contribution < -0.4 is 20.9 Å². The van der Waals surface area contributed by atoms with E-state index in [1.165, 1.54) is 10.5 Å². The Hall–Kier alpha value is -3.84. The van der Waals surface area contributed by atoms with E-state index in [2.05, 4.69) is 15.6 Å². The molecule has 0 atom stereocenters. The zero-order chi connectivity index (χ0) is 22.7. The van der Waals surface area contributed by atoms with E-state index in [1.54, 1.807) is 42.6 Å². The lowest BCUT2D eigenvalue weighted by molar-refractivity contribution is 0.262. The van der Waals surface area contributed by atoms with Gasteiger partial charge in [-0.3, -0.25) is 9.20 Å². The number of hydrogen-bond acceptors (Lipinski definition) is 4. The van der Waals surface area contributed by atoms with Crippen LogP contribution in [-0.4, -0.2) is 15.4 Å². The van der Waals surface area contributed by atoms with Gasteiger partial charge in [-0.2, -0.15) is 0 Å². The fourth-order valence-electron chi connectivity index (χ4n) is 3.14. The molecule has 0 fully saturated rings. The third kappa shape index (κ3) is 5.07. The number of carbonyl (C=O) groups excluding carboxylic acids is 1. The maximum atomic E-state index is 12.3. The van der Waals surface area contributed by atoms with Gasteiger partial charge in [0.15, 0.2) is 0 Å². The Balaban J connectivity index is 1.46. The molecule has 162 valence electrons. The number of nitrogens with zero attached hydrogens (tertiary/aromatic N) is 2. The van der Waals surface area contributed by atoms with Crippen LogP contribution >= 0.6 is 11.6 Å². The SMILES string of the molecule is Cc1ccn2c(=O)cc(COc3cc(NC(=O)Nc4ccc(Cl)cc4)ccc3C)nc2c1. The van der Waals surface area contributed by atoms with Gasteiger partial charge in [0.25, 0.3) is 5.56 Å². The highest BCUT2D eigenvalue weighted by atomic mass is 35.5. The van der Waals surface area contributed by atoms with Gasteiger partial charge in [-0.25, -0.2) is 9.78 Å². The van der Waals surface area contributed by atoms with Crippen molar-refractivity contribution in [3.63, 3.8) is 0 Å². The topological polar surface area (TPSA) is 84.7 Å². The number of anilines is 2. The summed E-state index contributed by atoms with van der Waals surface area (Å²) in [7, 11) is 0. The van der Waals surface area contributed by atoms with E-state index < -0.39 is 0 Å². The molecule has 8 heteroatoms. The van der Waals surface area contributed by atoms with E-state index in [0.717, 1.165) is 11.1 Å². The number of urea groups is 1. The molecule has 7 nitrogen and oxygen atoms in total. The fourth-order valence-corrected chi connectivity index (χ4v) is 3.27. The first-order chi connectivity index (χ1) is 15.4. The van der Waals surface area contributed by atoms with E-state index in [1.807, 2.05) is 32.0 Å². The van der Waals surface area contributed by atoms with Crippen LogP contribution in [0.25, 0.3) is 5.65 Å². The van der Waals surface area contributed by atoms with E-state index >= 15 is 0 Å². The second-order valence-electron chi connectivity index (χ2n) is 7.37. The predicted octanol–water partition coefficient (Wildman–Crippen LogP) is 5.19. The number of aromatic nitrogens is 2. The average molecular weight is 449 g/mol. The standard InChI is InChI=1S/C24H21ClN4O3/c1-15-9-10-29-22(11-15)26-20(13-23(29)30)14-32-21-12-19(6-3-16(21)2)28-24(31)27-18-7-4-17(25)5-8-18/h3-13H,14H2,1-2H3,(H2,27,28,31). The van der Waals surface area contributed by atoms with Gasteiger partial charge in [-0.05, 0) is 67.4 Å². The number of amides is 2. The van der Waals surface area contributed by atoms with E-state index in [9.17, 15) is 9.59 Å². The molecule has 0 bridgehead atoms. The average Bonchev–Trinajstić information content (AvgIpc) is 2.75. The van der Waals surface area contributed by atoms with Gasteiger partial charge in [0.2, 0.25) is 0 Å². The van der Waals surface area contributed by atoms with Crippen molar-refractivity contribution in [3.8, 4) is 5.75 Å². The van der Waals surface area contributed by atoms with Crippen LogP contribution in [0.3, 0.4) is 0 Å². The summed E-state index contributed by atoms with van der Waals surface area (Å²) >= 11 is 5.86. The Kier molecular flexibility index (Phi) is 6.09. The molecule has 2 N–H and O–H groups in total. The molecule has 2 aromatic carbocycles. The first-order valence-electron chi connectivity index (χ1n) is 9.93. The third-order valence-corrected chi connectivity index (χ3v) is 5.05. The summed E-state index contributed by atoms with van der Waals surface area (Å²) < 4.78 is 7.41. The van der Waals surface area contributed by atoms with Crippen LogP contribution in [-0.2, 0) is 6.61 Å². The van der Waals surface area contributed by atoms with Gasteiger partial charge in [0, 0.05) is 34.7 Å². The van der Waals surface area contributed by atoms with E-state index in [-0.39, 0.29) is 18.2 Å². The highest BCUT2D eigenvalue weighted by Crippen LogP contribution is 2.24. The minimum Gasteiger partial charge on any atom is -0.487 e. The summed E-state index contributed by atoms with van der Waals surface area (Å²) in [4.78, 5) is 29.1. The van der Waals surface area contributed by atoms with Crippen LogP contribution in [0.1, 0.15) is 16.8 Å². The number of ether oxygens (including phenoxy) is 1. The van der Waals surface area contributed by atoms with Crippen molar-refractivity contribution in [1.82, 2.24) is 9.38 Å². The molecule has 0 unspecified atom stereocenters. The van der Waals surface area contributed by atoms with Crippen molar-refractivity contribution in [2.75, 3.05) is 10.6 Å². The minimum absolute atomic E-state index is 0.126. The van der Waals surface area contributed by atoms with Crippen LogP contribution in [0.15, 0.2) is 71.7 Å². The Morgan fingerprint density at radius 1 is 1.00 bits per heavy atom. The van der Waals surface area contributed by atoms with Crippen LogP contribution in [0.5, 0.6) is 5.75 Å². The van der Waals surface area contributed by atoms with Gasteiger partial charge < -0.3 is 15.4 Å². The number of nitrogens with one attached hydrogen (secondary N) is 2. The lowest BCUT2D eigenvalue weighted by atomic mass is 10.2.